The highest BCUT2D eigenvalue weighted by atomic mass is 79.9. The zero-order chi connectivity index (χ0) is 14.7. The molecule has 6 heteroatoms. The van der Waals surface area contributed by atoms with Gasteiger partial charge in [0, 0.05) is 16.7 Å². The van der Waals surface area contributed by atoms with E-state index in [1.54, 1.807) is 12.1 Å². The first-order valence-corrected chi connectivity index (χ1v) is 7.34. The van der Waals surface area contributed by atoms with Crippen LogP contribution in [-0.4, -0.2) is 34.6 Å². The molecule has 1 aromatic carbocycles. The average molecular weight is 341 g/mol. The second-order valence-electron chi connectivity index (χ2n) is 5.04. The van der Waals surface area contributed by atoms with E-state index in [0.717, 1.165) is 17.3 Å². The van der Waals surface area contributed by atoms with Gasteiger partial charge in [0.05, 0.1) is 0 Å². The van der Waals surface area contributed by atoms with E-state index in [9.17, 15) is 14.7 Å². The smallest absolute Gasteiger partial charge is 0.326 e. The number of benzene rings is 1. The largest absolute Gasteiger partial charge is 0.480 e. The fourth-order valence-corrected chi connectivity index (χ4v) is 2.95. The minimum atomic E-state index is -0.943. The van der Waals surface area contributed by atoms with E-state index >= 15 is 0 Å². The van der Waals surface area contributed by atoms with E-state index in [1.165, 1.54) is 4.90 Å². The SMILES string of the molecule is CC1CCCN(C(=O)Nc2cccc(Br)c2)C1C(=O)O. The molecule has 1 saturated heterocycles. The second kappa shape index (κ2) is 6.26. The van der Waals surface area contributed by atoms with Crippen molar-refractivity contribution in [2.45, 2.75) is 25.8 Å². The minimum Gasteiger partial charge on any atom is -0.480 e. The lowest BCUT2D eigenvalue weighted by molar-refractivity contribution is -0.145. The molecule has 2 rings (SSSR count). The third kappa shape index (κ3) is 3.30. The zero-order valence-electron chi connectivity index (χ0n) is 11.2. The predicted molar refractivity (Wildman–Crippen MR) is 79.7 cm³/mol. The Morgan fingerprint density at radius 3 is 2.85 bits per heavy atom. The number of carboxylic acids is 1. The molecule has 1 fully saturated rings. The van der Waals surface area contributed by atoms with Gasteiger partial charge in [-0.05, 0) is 37.0 Å². The van der Waals surface area contributed by atoms with Crippen molar-refractivity contribution in [3.63, 3.8) is 0 Å². The van der Waals surface area contributed by atoms with Crippen LogP contribution >= 0.6 is 15.9 Å². The Morgan fingerprint density at radius 1 is 1.45 bits per heavy atom. The zero-order valence-corrected chi connectivity index (χ0v) is 12.8. The lowest BCUT2D eigenvalue weighted by Crippen LogP contribution is -2.53. The molecule has 108 valence electrons. The molecule has 0 spiro atoms. The van der Waals surface area contributed by atoms with Gasteiger partial charge >= 0.3 is 12.0 Å². The van der Waals surface area contributed by atoms with E-state index in [1.807, 2.05) is 19.1 Å². The highest BCUT2D eigenvalue weighted by Gasteiger charge is 2.37. The fraction of sp³-hybridized carbons (Fsp3) is 0.429. The summed E-state index contributed by atoms with van der Waals surface area (Å²) in [7, 11) is 0. The highest BCUT2D eigenvalue weighted by Crippen LogP contribution is 2.25. The maximum atomic E-state index is 12.3. The first-order valence-electron chi connectivity index (χ1n) is 6.55. The van der Waals surface area contributed by atoms with Gasteiger partial charge < -0.3 is 15.3 Å². The summed E-state index contributed by atoms with van der Waals surface area (Å²) < 4.78 is 0.858. The van der Waals surface area contributed by atoms with Crippen molar-refractivity contribution >= 4 is 33.6 Å². The quantitative estimate of drug-likeness (QED) is 0.868. The molecule has 20 heavy (non-hydrogen) atoms. The lowest BCUT2D eigenvalue weighted by atomic mass is 9.91. The van der Waals surface area contributed by atoms with Crippen LogP contribution in [0.15, 0.2) is 28.7 Å². The van der Waals surface area contributed by atoms with Gasteiger partial charge in [0.1, 0.15) is 6.04 Å². The van der Waals surface area contributed by atoms with Gasteiger partial charge in [-0.3, -0.25) is 0 Å². The van der Waals surface area contributed by atoms with Crippen molar-refractivity contribution in [3.8, 4) is 0 Å². The van der Waals surface area contributed by atoms with E-state index in [2.05, 4.69) is 21.2 Å². The summed E-state index contributed by atoms with van der Waals surface area (Å²) in [5.41, 5.74) is 0.645. The van der Waals surface area contributed by atoms with Gasteiger partial charge in [-0.1, -0.05) is 28.9 Å². The molecule has 0 saturated carbocycles. The van der Waals surface area contributed by atoms with Crippen molar-refractivity contribution < 1.29 is 14.7 Å². The molecule has 0 aliphatic carbocycles. The number of carboxylic acid groups (broad SMARTS) is 1. The molecule has 1 aliphatic heterocycles. The number of carbonyl (C=O) groups excluding carboxylic acids is 1. The van der Waals surface area contributed by atoms with Crippen molar-refractivity contribution in [2.75, 3.05) is 11.9 Å². The van der Waals surface area contributed by atoms with Crippen LogP contribution in [-0.2, 0) is 4.79 Å². The summed E-state index contributed by atoms with van der Waals surface area (Å²) in [6.45, 7) is 2.35. The van der Waals surface area contributed by atoms with Crippen LogP contribution in [0.2, 0.25) is 0 Å². The number of anilines is 1. The van der Waals surface area contributed by atoms with Gasteiger partial charge in [0.2, 0.25) is 0 Å². The second-order valence-corrected chi connectivity index (χ2v) is 5.95. The summed E-state index contributed by atoms with van der Waals surface area (Å²) in [5.74, 6) is -0.976. The number of amides is 2. The van der Waals surface area contributed by atoms with Gasteiger partial charge in [0.25, 0.3) is 0 Å². The third-order valence-electron chi connectivity index (χ3n) is 3.52. The maximum absolute atomic E-state index is 12.3. The average Bonchev–Trinajstić information content (AvgIpc) is 2.37. The number of nitrogens with zero attached hydrogens (tertiary/aromatic N) is 1. The molecule has 0 bridgehead atoms. The summed E-state index contributed by atoms with van der Waals surface area (Å²) in [5, 5.41) is 12.1. The molecular weight excluding hydrogens is 324 g/mol. The van der Waals surface area contributed by atoms with Crippen LogP contribution in [0.25, 0.3) is 0 Å². The number of hydrogen-bond acceptors (Lipinski definition) is 2. The van der Waals surface area contributed by atoms with Gasteiger partial charge in [-0.25, -0.2) is 9.59 Å². The number of rotatable bonds is 2. The van der Waals surface area contributed by atoms with E-state index in [-0.39, 0.29) is 11.9 Å². The highest BCUT2D eigenvalue weighted by molar-refractivity contribution is 9.10. The molecule has 2 N–H and O–H groups in total. The van der Waals surface area contributed by atoms with E-state index < -0.39 is 12.0 Å². The minimum absolute atomic E-state index is 0.0329. The van der Waals surface area contributed by atoms with Crippen molar-refractivity contribution in [1.29, 1.82) is 0 Å². The molecule has 1 aliphatic rings. The number of nitrogens with one attached hydrogen (secondary N) is 1. The summed E-state index contributed by atoms with van der Waals surface area (Å²) in [4.78, 5) is 25.0. The molecule has 2 unspecified atom stereocenters. The molecule has 0 aromatic heterocycles. The number of likely N-dealkylation sites (tertiary alicyclic amines) is 1. The normalized spacial score (nSPS) is 22.4. The topological polar surface area (TPSA) is 69.6 Å². The molecule has 1 heterocycles. The number of piperidine rings is 1. The van der Waals surface area contributed by atoms with Gasteiger partial charge in [-0.15, -0.1) is 0 Å². The summed E-state index contributed by atoms with van der Waals surface area (Å²) in [6, 6.07) is 6.11. The Balaban J connectivity index is 2.12. The summed E-state index contributed by atoms with van der Waals surface area (Å²) in [6.07, 6.45) is 1.66. The lowest BCUT2D eigenvalue weighted by Gasteiger charge is -2.37. The molecular formula is C14H17BrN2O3. The van der Waals surface area contributed by atoms with Crippen LogP contribution in [0.5, 0.6) is 0 Å². The first-order chi connectivity index (χ1) is 9.49. The van der Waals surface area contributed by atoms with Crippen LogP contribution < -0.4 is 5.32 Å². The van der Waals surface area contributed by atoms with E-state index in [4.69, 9.17) is 0 Å². The van der Waals surface area contributed by atoms with Gasteiger partial charge in [0.15, 0.2) is 0 Å². The molecule has 5 nitrogen and oxygen atoms in total. The Labute approximate surface area is 126 Å². The third-order valence-corrected chi connectivity index (χ3v) is 4.02. The Kier molecular flexibility index (Phi) is 4.65. The number of aliphatic carboxylic acids is 1. The van der Waals surface area contributed by atoms with Crippen LogP contribution in [0, 0.1) is 5.92 Å². The number of carbonyl (C=O) groups is 2. The number of urea groups is 1. The molecule has 0 radical (unpaired) electrons. The molecule has 2 amide bonds. The van der Waals surface area contributed by atoms with Gasteiger partial charge in [-0.2, -0.15) is 0 Å². The van der Waals surface area contributed by atoms with Crippen LogP contribution in [0.1, 0.15) is 19.8 Å². The fourth-order valence-electron chi connectivity index (χ4n) is 2.55. The Bertz CT molecular complexity index is 521. The Hall–Kier alpha value is -1.56. The number of halogens is 1. The number of hydrogen-bond donors (Lipinski definition) is 2. The van der Waals surface area contributed by atoms with E-state index in [0.29, 0.717) is 12.2 Å². The molecule has 1 aromatic rings. The van der Waals surface area contributed by atoms with Crippen molar-refractivity contribution in [1.82, 2.24) is 4.90 Å². The van der Waals surface area contributed by atoms with Crippen molar-refractivity contribution in [2.24, 2.45) is 5.92 Å². The Morgan fingerprint density at radius 2 is 2.20 bits per heavy atom. The van der Waals surface area contributed by atoms with Crippen LogP contribution in [0.4, 0.5) is 10.5 Å². The van der Waals surface area contributed by atoms with Crippen LogP contribution in [0.3, 0.4) is 0 Å². The first kappa shape index (κ1) is 14.8. The summed E-state index contributed by atoms with van der Waals surface area (Å²) >= 11 is 3.33. The standard InChI is InChI=1S/C14H17BrN2O3/c1-9-4-3-7-17(12(9)13(18)19)14(20)16-11-6-2-5-10(15)8-11/h2,5-6,8-9,12H,3-4,7H2,1H3,(H,16,20)(H,18,19). The van der Waals surface area contributed by atoms with Crippen molar-refractivity contribution in [3.05, 3.63) is 28.7 Å². The monoisotopic (exact) mass is 340 g/mol. The molecule has 2 atom stereocenters. The maximum Gasteiger partial charge on any atom is 0.326 e. The predicted octanol–water partition coefficient (Wildman–Crippen LogP) is 3.17.